The van der Waals surface area contributed by atoms with Crippen molar-refractivity contribution >= 4 is 34.4 Å². The third kappa shape index (κ3) is 3.11. The van der Waals surface area contributed by atoms with E-state index in [0.717, 1.165) is 11.2 Å². The number of rotatable bonds is 5. The fourth-order valence-corrected chi connectivity index (χ4v) is 2.04. The molecule has 7 nitrogen and oxygen atoms in total. The van der Waals surface area contributed by atoms with Crippen LogP contribution >= 0.6 is 22.9 Å². The van der Waals surface area contributed by atoms with Gasteiger partial charge in [0.15, 0.2) is 0 Å². The van der Waals surface area contributed by atoms with Gasteiger partial charge in [0.05, 0.1) is 9.93 Å². The number of thiazole rings is 1. The first-order valence-electron chi connectivity index (χ1n) is 4.96. The van der Waals surface area contributed by atoms with Gasteiger partial charge in [-0.2, -0.15) is 4.98 Å². The minimum Gasteiger partial charge on any atom is -0.364 e. The van der Waals surface area contributed by atoms with Crippen LogP contribution in [0.15, 0.2) is 17.8 Å². The summed E-state index contributed by atoms with van der Waals surface area (Å²) >= 11 is 7.13. The predicted molar refractivity (Wildman–Crippen MR) is 68.0 cm³/mol. The van der Waals surface area contributed by atoms with Crippen LogP contribution in [-0.4, -0.2) is 26.4 Å². The monoisotopic (exact) mass is 285 g/mol. The number of nitro groups is 1. The Morgan fingerprint density at radius 1 is 1.50 bits per heavy atom. The zero-order valence-corrected chi connectivity index (χ0v) is 10.6. The lowest BCUT2D eigenvalue weighted by molar-refractivity contribution is -0.384. The van der Waals surface area contributed by atoms with Crippen LogP contribution in [-0.2, 0) is 6.42 Å². The lowest BCUT2D eigenvalue weighted by Gasteiger charge is -2.04. The molecule has 94 valence electrons. The van der Waals surface area contributed by atoms with Gasteiger partial charge >= 0.3 is 5.69 Å². The Hall–Kier alpha value is -1.80. The number of nitrogens with one attached hydrogen (secondary N) is 1. The van der Waals surface area contributed by atoms with Gasteiger partial charge in [0, 0.05) is 24.5 Å². The van der Waals surface area contributed by atoms with Crippen molar-refractivity contribution in [3.63, 3.8) is 0 Å². The molecule has 0 amide bonds. The van der Waals surface area contributed by atoms with Crippen molar-refractivity contribution in [2.24, 2.45) is 0 Å². The SMILES string of the molecule is O=[N+]([O-])c1cnc(Cl)nc1NCCc1nccs1. The molecule has 0 bridgehead atoms. The second-order valence-electron chi connectivity index (χ2n) is 3.23. The van der Waals surface area contributed by atoms with E-state index in [9.17, 15) is 10.1 Å². The van der Waals surface area contributed by atoms with Crippen molar-refractivity contribution in [2.45, 2.75) is 6.42 Å². The van der Waals surface area contributed by atoms with Crippen LogP contribution in [0.1, 0.15) is 5.01 Å². The standard InChI is InChI=1S/C9H8ClN5O2S/c10-9-13-5-6(15(16)17)8(14-9)12-2-1-7-11-3-4-18-7/h3-5H,1-2H2,(H,12,13,14). The maximum absolute atomic E-state index is 10.8. The number of nitrogens with zero attached hydrogens (tertiary/aromatic N) is 4. The average molecular weight is 286 g/mol. The van der Waals surface area contributed by atoms with Gasteiger partial charge in [-0.25, -0.2) is 9.97 Å². The minimum absolute atomic E-state index is 0.0302. The van der Waals surface area contributed by atoms with Crippen molar-refractivity contribution in [2.75, 3.05) is 11.9 Å². The summed E-state index contributed by atoms with van der Waals surface area (Å²) in [5.41, 5.74) is -0.196. The molecule has 18 heavy (non-hydrogen) atoms. The van der Waals surface area contributed by atoms with Gasteiger partial charge in [-0.1, -0.05) is 0 Å². The van der Waals surface area contributed by atoms with E-state index in [0.29, 0.717) is 13.0 Å². The van der Waals surface area contributed by atoms with Gasteiger partial charge in [0.25, 0.3) is 0 Å². The highest BCUT2D eigenvalue weighted by atomic mass is 35.5. The van der Waals surface area contributed by atoms with Gasteiger partial charge in [-0.05, 0) is 11.6 Å². The van der Waals surface area contributed by atoms with Gasteiger partial charge in [0.2, 0.25) is 11.1 Å². The van der Waals surface area contributed by atoms with E-state index in [1.807, 2.05) is 5.38 Å². The molecule has 0 saturated carbocycles. The van der Waals surface area contributed by atoms with E-state index in [1.54, 1.807) is 6.20 Å². The second kappa shape index (κ2) is 5.69. The summed E-state index contributed by atoms with van der Waals surface area (Å²) in [6.07, 6.45) is 3.46. The number of hydrogen-bond acceptors (Lipinski definition) is 7. The molecule has 2 aromatic rings. The van der Waals surface area contributed by atoms with E-state index in [1.165, 1.54) is 11.3 Å². The Morgan fingerprint density at radius 2 is 2.33 bits per heavy atom. The summed E-state index contributed by atoms with van der Waals surface area (Å²) in [7, 11) is 0. The maximum atomic E-state index is 10.8. The lowest BCUT2D eigenvalue weighted by atomic mass is 10.4. The third-order valence-corrected chi connectivity index (χ3v) is 3.07. The molecule has 2 heterocycles. The molecule has 0 saturated heterocycles. The molecule has 0 aliphatic rings. The smallest absolute Gasteiger partial charge is 0.329 e. The molecule has 9 heteroatoms. The Kier molecular flexibility index (Phi) is 4.00. The zero-order chi connectivity index (χ0) is 13.0. The van der Waals surface area contributed by atoms with Crippen LogP contribution in [0.2, 0.25) is 5.28 Å². The molecular weight excluding hydrogens is 278 g/mol. The summed E-state index contributed by atoms with van der Waals surface area (Å²) in [5, 5.41) is 16.4. The van der Waals surface area contributed by atoms with Crippen molar-refractivity contribution in [1.29, 1.82) is 0 Å². The van der Waals surface area contributed by atoms with Gasteiger partial charge < -0.3 is 5.32 Å². The minimum atomic E-state index is -0.554. The number of hydrogen-bond donors (Lipinski definition) is 1. The van der Waals surface area contributed by atoms with Crippen molar-refractivity contribution in [1.82, 2.24) is 15.0 Å². The highest BCUT2D eigenvalue weighted by Gasteiger charge is 2.16. The van der Waals surface area contributed by atoms with Gasteiger partial charge in [-0.3, -0.25) is 10.1 Å². The van der Waals surface area contributed by atoms with Crippen molar-refractivity contribution in [3.8, 4) is 0 Å². The van der Waals surface area contributed by atoms with Crippen molar-refractivity contribution < 1.29 is 4.92 Å². The molecule has 0 fully saturated rings. The topological polar surface area (TPSA) is 93.8 Å². The van der Waals surface area contributed by atoms with Crippen LogP contribution in [0.4, 0.5) is 11.5 Å². The second-order valence-corrected chi connectivity index (χ2v) is 4.55. The summed E-state index contributed by atoms with van der Waals surface area (Å²) in [6, 6.07) is 0. The van der Waals surface area contributed by atoms with Crippen molar-refractivity contribution in [3.05, 3.63) is 38.2 Å². The molecule has 1 N–H and O–H groups in total. The van der Waals surface area contributed by atoms with E-state index >= 15 is 0 Å². The van der Waals surface area contributed by atoms with E-state index in [-0.39, 0.29) is 16.8 Å². The third-order valence-electron chi connectivity index (χ3n) is 2.05. The van der Waals surface area contributed by atoms with Gasteiger partial charge in [0.1, 0.15) is 6.20 Å². The Bertz CT molecular complexity index is 548. The lowest BCUT2D eigenvalue weighted by Crippen LogP contribution is -2.09. The maximum Gasteiger partial charge on any atom is 0.329 e. The van der Waals surface area contributed by atoms with Crippen LogP contribution in [0, 0.1) is 10.1 Å². The van der Waals surface area contributed by atoms with E-state index in [4.69, 9.17) is 11.6 Å². The molecular formula is C9H8ClN5O2S. The van der Waals surface area contributed by atoms with E-state index in [2.05, 4.69) is 20.3 Å². The Morgan fingerprint density at radius 3 is 3.00 bits per heavy atom. The molecule has 0 radical (unpaired) electrons. The summed E-state index contributed by atoms with van der Waals surface area (Å²) < 4.78 is 0. The fraction of sp³-hybridized carbons (Fsp3) is 0.222. The molecule has 2 rings (SSSR count). The first kappa shape index (κ1) is 12.7. The normalized spacial score (nSPS) is 10.3. The Balaban J connectivity index is 2.03. The largest absolute Gasteiger partial charge is 0.364 e. The highest BCUT2D eigenvalue weighted by Crippen LogP contribution is 2.21. The molecule has 0 unspecified atom stereocenters. The molecule has 2 aromatic heterocycles. The predicted octanol–water partition coefficient (Wildman–Crippen LogP) is 2.15. The molecule has 0 atom stereocenters. The first-order valence-corrected chi connectivity index (χ1v) is 6.22. The van der Waals surface area contributed by atoms with Crippen LogP contribution in [0.3, 0.4) is 0 Å². The average Bonchev–Trinajstić information content (AvgIpc) is 2.82. The van der Waals surface area contributed by atoms with Crippen LogP contribution < -0.4 is 5.32 Å². The van der Waals surface area contributed by atoms with Crippen LogP contribution in [0.25, 0.3) is 0 Å². The highest BCUT2D eigenvalue weighted by molar-refractivity contribution is 7.09. The molecule has 0 aliphatic heterocycles. The Labute approximate surface area is 111 Å². The molecule has 0 aliphatic carbocycles. The number of halogens is 1. The summed E-state index contributed by atoms with van der Waals surface area (Å²) in [4.78, 5) is 21.7. The molecule has 0 aromatic carbocycles. The quantitative estimate of drug-likeness (QED) is 0.514. The fourth-order valence-electron chi connectivity index (χ4n) is 1.28. The number of aromatic nitrogens is 3. The van der Waals surface area contributed by atoms with Crippen LogP contribution in [0.5, 0.6) is 0 Å². The molecule has 0 spiro atoms. The van der Waals surface area contributed by atoms with Gasteiger partial charge in [-0.15, -0.1) is 11.3 Å². The van der Waals surface area contributed by atoms with E-state index < -0.39 is 4.92 Å². The number of anilines is 1. The summed E-state index contributed by atoms with van der Waals surface area (Å²) in [6.45, 7) is 0.488. The first-order chi connectivity index (χ1) is 8.66. The summed E-state index contributed by atoms with van der Waals surface area (Å²) in [5.74, 6) is 0.122. The zero-order valence-electron chi connectivity index (χ0n) is 9.04.